The van der Waals surface area contributed by atoms with Crippen molar-refractivity contribution in [3.8, 4) is 0 Å². The molecule has 0 saturated carbocycles. The molecule has 0 radical (unpaired) electrons. The zero-order valence-electron chi connectivity index (χ0n) is 9.72. The number of hydrogen-bond donors (Lipinski definition) is 0. The van der Waals surface area contributed by atoms with Crippen molar-refractivity contribution in [1.29, 1.82) is 0 Å². The van der Waals surface area contributed by atoms with Gasteiger partial charge in [0.1, 0.15) is 0 Å². The van der Waals surface area contributed by atoms with Crippen molar-refractivity contribution in [3.63, 3.8) is 0 Å². The predicted molar refractivity (Wildman–Crippen MR) is 61.4 cm³/mol. The lowest BCUT2D eigenvalue weighted by Crippen LogP contribution is -2.13. The molecule has 2 nitrogen and oxygen atoms in total. The molecule has 0 rings (SSSR count). The zero-order chi connectivity index (χ0) is 11.5. The van der Waals surface area contributed by atoms with Gasteiger partial charge < -0.3 is 0 Å². The normalized spacial score (nSPS) is 13.6. The van der Waals surface area contributed by atoms with E-state index in [4.69, 9.17) is 0 Å². The van der Waals surface area contributed by atoms with Crippen LogP contribution in [0.25, 0.3) is 0 Å². The quantitative estimate of drug-likeness (QED) is 0.677. The third-order valence-electron chi connectivity index (χ3n) is 1.60. The topological polar surface area (TPSA) is 34.1 Å². The van der Waals surface area contributed by atoms with Crippen LogP contribution < -0.4 is 0 Å². The fourth-order valence-corrected chi connectivity index (χ4v) is 1.93. The van der Waals surface area contributed by atoms with Gasteiger partial charge in [0, 0.05) is 10.3 Å². The van der Waals surface area contributed by atoms with Gasteiger partial charge in [-0.05, 0) is 20.8 Å². The number of hydrogen-bond acceptors (Lipinski definition) is 3. The van der Waals surface area contributed by atoms with Gasteiger partial charge in [0.25, 0.3) is 0 Å². The first-order valence-corrected chi connectivity index (χ1v) is 5.38. The van der Waals surface area contributed by atoms with Crippen molar-refractivity contribution < 1.29 is 9.59 Å². The second-order valence-electron chi connectivity index (χ2n) is 4.28. The molecule has 0 aromatic rings. The lowest BCUT2D eigenvalue weighted by atomic mass is 10.2. The molecule has 0 spiro atoms. The average molecular weight is 214 g/mol. The molecule has 0 bridgehead atoms. The molecule has 0 aromatic carbocycles. The summed E-state index contributed by atoms with van der Waals surface area (Å²) in [6.45, 7) is 10.8. The maximum absolute atomic E-state index is 11.3. The van der Waals surface area contributed by atoms with Crippen molar-refractivity contribution in [2.75, 3.05) is 0 Å². The van der Waals surface area contributed by atoms with Gasteiger partial charge in [0.2, 0.25) is 0 Å². The Bertz CT molecular complexity index is 282. The van der Waals surface area contributed by atoms with Crippen LogP contribution in [-0.4, -0.2) is 16.3 Å². The molecule has 80 valence electrons. The molecule has 3 heteroatoms. The molecule has 14 heavy (non-hydrogen) atoms. The summed E-state index contributed by atoms with van der Waals surface area (Å²) in [4.78, 5) is 23.1. The Labute approximate surface area is 90.1 Å². The highest BCUT2D eigenvalue weighted by atomic mass is 32.2. The van der Waals surface area contributed by atoms with Crippen LogP contribution in [0.3, 0.4) is 0 Å². The molecule has 0 atom stereocenters. The summed E-state index contributed by atoms with van der Waals surface area (Å²) in [5.41, 5.74) is 0.567. The van der Waals surface area contributed by atoms with Gasteiger partial charge in [-0.25, -0.2) is 0 Å². The first-order valence-electron chi connectivity index (χ1n) is 4.57. The highest BCUT2D eigenvalue weighted by molar-refractivity contribution is 8.05. The largest absolute Gasteiger partial charge is 0.295 e. The molecule has 0 fully saturated rings. The van der Waals surface area contributed by atoms with Crippen LogP contribution in [0, 0.1) is 0 Å². The SMILES string of the molecule is CC(=O)/C(C)=C(/SC(C)(C)C)C(C)=O. The van der Waals surface area contributed by atoms with Crippen LogP contribution in [0.15, 0.2) is 10.5 Å². The number of rotatable bonds is 3. The second kappa shape index (κ2) is 4.78. The summed E-state index contributed by atoms with van der Waals surface area (Å²) in [5, 5.41) is 0. The van der Waals surface area contributed by atoms with Crippen molar-refractivity contribution in [3.05, 3.63) is 10.5 Å². The van der Waals surface area contributed by atoms with Crippen LogP contribution >= 0.6 is 11.8 Å². The summed E-state index contributed by atoms with van der Waals surface area (Å²) < 4.78 is -0.0439. The lowest BCUT2D eigenvalue weighted by Gasteiger charge is -2.19. The Morgan fingerprint density at radius 1 is 0.929 bits per heavy atom. The number of carbonyl (C=O) groups excluding carboxylic acids is 2. The van der Waals surface area contributed by atoms with Gasteiger partial charge in [-0.15, -0.1) is 11.8 Å². The predicted octanol–water partition coefficient (Wildman–Crippen LogP) is 2.97. The van der Waals surface area contributed by atoms with Gasteiger partial charge in [0.15, 0.2) is 11.6 Å². The molecule has 0 aliphatic rings. The van der Waals surface area contributed by atoms with Crippen LogP contribution in [0.5, 0.6) is 0 Å². The molecule has 0 saturated heterocycles. The molecular weight excluding hydrogens is 196 g/mol. The van der Waals surface area contributed by atoms with E-state index in [1.165, 1.54) is 25.6 Å². The highest BCUT2D eigenvalue weighted by Gasteiger charge is 2.20. The third kappa shape index (κ3) is 4.61. The summed E-state index contributed by atoms with van der Waals surface area (Å²) >= 11 is 1.46. The minimum atomic E-state index is -0.0439. The number of allylic oxidation sites excluding steroid dienone is 2. The molecule has 0 aromatic heterocycles. The molecule has 0 heterocycles. The van der Waals surface area contributed by atoms with E-state index in [1.807, 2.05) is 20.8 Å². The summed E-state index contributed by atoms with van der Waals surface area (Å²) in [5.74, 6) is -0.0652. The Kier molecular flexibility index (Phi) is 4.59. The van der Waals surface area contributed by atoms with Crippen LogP contribution in [-0.2, 0) is 9.59 Å². The number of ketones is 2. The number of Topliss-reactive ketones (excluding diaryl/α,β-unsaturated/α-hetero) is 2. The summed E-state index contributed by atoms with van der Waals surface area (Å²) in [6, 6.07) is 0. The third-order valence-corrected chi connectivity index (χ3v) is 3.01. The summed E-state index contributed by atoms with van der Waals surface area (Å²) in [7, 11) is 0. The van der Waals surface area contributed by atoms with Crippen LogP contribution in [0.4, 0.5) is 0 Å². The first-order chi connectivity index (χ1) is 6.15. The average Bonchev–Trinajstić information content (AvgIpc) is 1.96. The minimum Gasteiger partial charge on any atom is -0.295 e. The Morgan fingerprint density at radius 2 is 1.36 bits per heavy atom. The van der Waals surface area contributed by atoms with Crippen molar-refractivity contribution in [1.82, 2.24) is 0 Å². The standard InChI is InChI=1S/C11H18O2S/c1-7(8(2)12)10(9(3)13)14-11(4,5)6/h1-6H3/b10-7+. The van der Waals surface area contributed by atoms with E-state index >= 15 is 0 Å². The van der Waals surface area contributed by atoms with Gasteiger partial charge in [0.05, 0.1) is 4.91 Å². The molecule has 0 aliphatic carbocycles. The van der Waals surface area contributed by atoms with E-state index in [1.54, 1.807) is 6.92 Å². The highest BCUT2D eigenvalue weighted by Crippen LogP contribution is 2.33. The monoisotopic (exact) mass is 214 g/mol. The Morgan fingerprint density at radius 3 is 1.57 bits per heavy atom. The molecule has 0 amide bonds. The van der Waals surface area contributed by atoms with Crippen LogP contribution in [0.2, 0.25) is 0 Å². The van der Waals surface area contributed by atoms with E-state index in [0.717, 1.165) is 0 Å². The van der Waals surface area contributed by atoms with Crippen molar-refractivity contribution in [2.24, 2.45) is 0 Å². The molecule has 0 aliphatic heterocycles. The minimum absolute atomic E-state index is 0.0300. The van der Waals surface area contributed by atoms with Gasteiger partial charge in [-0.1, -0.05) is 20.8 Å². The second-order valence-corrected chi connectivity index (χ2v) is 6.12. The van der Waals surface area contributed by atoms with Gasteiger partial charge >= 0.3 is 0 Å². The van der Waals surface area contributed by atoms with Gasteiger partial charge in [-0.2, -0.15) is 0 Å². The van der Waals surface area contributed by atoms with E-state index in [0.29, 0.717) is 10.5 Å². The maximum atomic E-state index is 11.3. The first kappa shape index (κ1) is 13.4. The van der Waals surface area contributed by atoms with Crippen LogP contribution in [0.1, 0.15) is 41.5 Å². The fourth-order valence-electron chi connectivity index (χ4n) is 0.879. The van der Waals surface area contributed by atoms with E-state index in [-0.39, 0.29) is 16.3 Å². The van der Waals surface area contributed by atoms with Gasteiger partial charge in [-0.3, -0.25) is 9.59 Å². The van der Waals surface area contributed by atoms with E-state index < -0.39 is 0 Å². The van der Waals surface area contributed by atoms with Crippen molar-refractivity contribution >= 4 is 23.3 Å². The Hall–Kier alpha value is -0.570. The lowest BCUT2D eigenvalue weighted by molar-refractivity contribution is -0.115. The van der Waals surface area contributed by atoms with E-state index in [9.17, 15) is 9.59 Å². The smallest absolute Gasteiger partial charge is 0.166 e. The fraction of sp³-hybridized carbons (Fsp3) is 0.636. The van der Waals surface area contributed by atoms with Crippen molar-refractivity contribution in [2.45, 2.75) is 46.3 Å². The maximum Gasteiger partial charge on any atom is 0.166 e. The van der Waals surface area contributed by atoms with E-state index in [2.05, 4.69) is 0 Å². The molecule has 0 unspecified atom stereocenters. The zero-order valence-corrected chi connectivity index (χ0v) is 10.5. The Balaban J connectivity index is 5.07. The summed E-state index contributed by atoms with van der Waals surface area (Å²) in [6.07, 6.45) is 0. The number of carbonyl (C=O) groups is 2. The number of thioether (sulfide) groups is 1. The molecule has 0 N–H and O–H groups in total. The molecular formula is C11H18O2S.